The molecule has 2 unspecified atom stereocenters. The third-order valence-electron chi connectivity index (χ3n) is 3.20. The Morgan fingerprint density at radius 2 is 2.19 bits per heavy atom. The third-order valence-corrected chi connectivity index (χ3v) is 4.54. The highest BCUT2D eigenvalue weighted by Crippen LogP contribution is 2.24. The Balaban J connectivity index is 2.32. The van der Waals surface area contributed by atoms with E-state index >= 15 is 0 Å². The molecule has 3 heteroatoms. The summed E-state index contributed by atoms with van der Waals surface area (Å²) in [5.74, 6) is 1.26. The normalized spacial score (nSPS) is 27.3. The van der Waals surface area contributed by atoms with Crippen molar-refractivity contribution in [3.8, 4) is 0 Å². The van der Waals surface area contributed by atoms with Gasteiger partial charge >= 0.3 is 0 Å². The standard InChI is InChI=1S/C13H26N2S/c1-10(2)14-8-11(3)9-15-6-7-16-13(5)12(15)4/h10,12-14H,3,6-9H2,1-2,4-5H3. The predicted octanol–water partition coefficient (Wildman–Crippen LogP) is 2.37. The summed E-state index contributed by atoms with van der Waals surface area (Å²) in [6, 6.07) is 1.22. The van der Waals surface area contributed by atoms with Crippen LogP contribution in [0.25, 0.3) is 0 Å². The van der Waals surface area contributed by atoms with Crippen LogP contribution in [-0.2, 0) is 0 Å². The molecule has 0 spiro atoms. The SMILES string of the molecule is C=C(CNC(C)C)CN1CCSC(C)C1C. The van der Waals surface area contributed by atoms with Crippen LogP contribution < -0.4 is 5.32 Å². The highest BCUT2D eigenvalue weighted by atomic mass is 32.2. The molecule has 2 atom stereocenters. The summed E-state index contributed by atoms with van der Waals surface area (Å²) < 4.78 is 0. The van der Waals surface area contributed by atoms with E-state index in [4.69, 9.17) is 0 Å². The molecule has 1 saturated heterocycles. The van der Waals surface area contributed by atoms with Gasteiger partial charge in [0, 0.05) is 42.7 Å². The Morgan fingerprint density at radius 3 is 2.81 bits per heavy atom. The lowest BCUT2D eigenvalue weighted by Crippen LogP contribution is -2.46. The Morgan fingerprint density at radius 1 is 1.50 bits per heavy atom. The highest BCUT2D eigenvalue weighted by Gasteiger charge is 2.24. The summed E-state index contributed by atoms with van der Waals surface area (Å²) in [7, 11) is 0. The quantitative estimate of drug-likeness (QED) is 0.745. The van der Waals surface area contributed by atoms with E-state index in [2.05, 4.69) is 56.3 Å². The van der Waals surface area contributed by atoms with Crippen LogP contribution in [0.15, 0.2) is 12.2 Å². The molecule has 1 aliphatic rings. The van der Waals surface area contributed by atoms with Gasteiger partial charge in [-0.2, -0.15) is 11.8 Å². The first kappa shape index (κ1) is 14.1. The van der Waals surface area contributed by atoms with E-state index in [1.165, 1.54) is 17.9 Å². The van der Waals surface area contributed by atoms with Crippen molar-refractivity contribution in [2.75, 3.05) is 25.4 Å². The van der Waals surface area contributed by atoms with Crippen LogP contribution in [0.4, 0.5) is 0 Å². The van der Waals surface area contributed by atoms with Crippen LogP contribution in [0, 0.1) is 0 Å². The van der Waals surface area contributed by atoms with Gasteiger partial charge in [-0.1, -0.05) is 27.4 Å². The molecule has 16 heavy (non-hydrogen) atoms. The molecular formula is C13H26N2S. The second kappa shape index (κ2) is 6.67. The molecule has 0 radical (unpaired) electrons. The topological polar surface area (TPSA) is 15.3 Å². The first-order chi connectivity index (χ1) is 7.50. The maximum atomic E-state index is 4.17. The van der Waals surface area contributed by atoms with Gasteiger partial charge in [-0.15, -0.1) is 0 Å². The lowest BCUT2D eigenvalue weighted by molar-refractivity contribution is 0.230. The summed E-state index contributed by atoms with van der Waals surface area (Å²) in [5, 5.41) is 4.18. The average Bonchev–Trinajstić information content (AvgIpc) is 2.22. The summed E-state index contributed by atoms with van der Waals surface area (Å²) in [6.45, 7) is 16.4. The van der Waals surface area contributed by atoms with Gasteiger partial charge in [-0.05, 0) is 12.5 Å². The molecule has 0 saturated carbocycles. The molecule has 0 aromatic rings. The van der Waals surface area contributed by atoms with E-state index in [9.17, 15) is 0 Å². The number of thioether (sulfide) groups is 1. The molecule has 1 rings (SSSR count). The maximum Gasteiger partial charge on any atom is 0.0206 e. The zero-order chi connectivity index (χ0) is 12.1. The fourth-order valence-corrected chi connectivity index (χ4v) is 3.07. The number of rotatable bonds is 5. The summed E-state index contributed by atoms with van der Waals surface area (Å²) in [5.41, 5.74) is 1.31. The predicted molar refractivity (Wildman–Crippen MR) is 75.2 cm³/mol. The van der Waals surface area contributed by atoms with E-state index in [0.717, 1.165) is 18.3 Å². The fraction of sp³-hybridized carbons (Fsp3) is 0.846. The van der Waals surface area contributed by atoms with Gasteiger partial charge in [0.1, 0.15) is 0 Å². The van der Waals surface area contributed by atoms with Gasteiger partial charge in [0.2, 0.25) is 0 Å². The van der Waals surface area contributed by atoms with Gasteiger partial charge < -0.3 is 5.32 Å². The van der Waals surface area contributed by atoms with Gasteiger partial charge in [-0.3, -0.25) is 4.90 Å². The average molecular weight is 242 g/mol. The number of nitrogens with one attached hydrogen (secondary N) is 1. The smallest absolute Gasteiger partial charge is 0.0206 e. The van der Waals surface area contributed by atoms with Crippen molar-refractivity contribution in [2.24, 2.45) is 0 Å². The van der Waals surface area contributed by atoms with Crippen molar-refractivity contribution in [3.05, 3.63) is 12.2 Å². The Bertz CT molecular complexity index is 228. The molecule has 0 aromatic carbocycles. The maximum absolute atomic E-state index is 4.17. The molecule has 0 aromatic heterocycles. The zero-order valence-corrected chi connectivity index (χ0v) is 11.9. The lowest BCUT2D eigenvalue weighted by atomic mass is 10.1. The van der Waals surface area contributed by atoms with Gasteiger partial charge in [0.15, 0.2) is 0 Å². The summed E-state index contributed by atoms with van der Waals surface area (Å²) >= 11 is 2.09. The molecule has 0 bridgehead atoms. The second-order valence-electron chi connectivity index (χ2n) is 5.07. The van der Waals surface area contributed by atoms with E-state index in [1.54, 1.807) is 0 Å². The zero-order valence-electron chi connectivity index (χ0n) is 11.1. The van der Waals surface area contributed by atoms with Crippen molar-refractivity contribution in [2.45, 2.75) is 45.0 Å². The van der Waals surface area contributed by atoms with Crippen LogP contribution in [-0.4, -0.2) is 47.6 Å². The van der Waals surface area contributed by atoms with E-state index in [1.807, 2.05) is 0 Å². The van der Waals surface area contributed by atoms with Crippen LogP contribution in [0.5, 0.6) is 0 Å². The molecule has 1 N–H and O–H groups in total. The van der Waals surface area contributed by atoms with Gasteiger partial charge in [0.25, 0.3) is 0 Å². The monoisotopic (exact) mass is 242 g/mol. The molecule has 1 heterocycles. The largest absolute Gasteiger partial charge is 0.311 e. The first-order valence-corrected chi connectivity index (χ1v) is 7.31. The fourth-order valence-electron chi connectivity index (χ4n) is 1.91. The van der Waals surface area contributed by atoms with Crippen LogP contribution in [0.3, 0.4) is 0 Å². The lowest BCUT2D eigenvalue weighted by Gasteiger charge is -2.38. The number of hydrogen-bond acceptors (Lipinski definition) is 3. The van der Waals surface area contributed by atoms with Crippen molar-refractivity contribution < 1.29 is 0 Å². The molecule has 94 valence electrons. The third kappa shape index (κ3) is 4.48. The molecule has 0 aliphatic carbocycles. The van der Waals surface area contributed by atoms with Gasteiger partial charge in [0.05, 0.1) is 0 Å². The van der Waals surface area contributed by atoms with E-state index in [-0.39, 0.29) is 0 Å². The first-order valence-electron chi connectivity index (χ1n) is 6.26. The Hall–Kier alpha value is 0.0100. The second-order valence-corrected chi connectivity index (χ2v) is 6.56. The Labute approximate surface area is 105 Å². The summed E-state index contributed by atoms with van der Waals surface area (Å²) in [6.07, 6.45) is 0. The Kier molecular flexibility index (Phi) is 5.87. The van der Waals surface area contributed by atoms with Gasteiger partial charge in [-0.25, -0.2) is 0 Å². The minimum Gasteiger partial charge on any atom is -0.311 e. The van der Waals surface area contributed by atoms with Crippen molar-refractivity contribution >= 4 is 11.8 Å². The highest BCUT2D eigenvalue weighted by molar-refractivity contribution is 8.00. The van der Waals surface area contributed by atoms with Crippen LogP contribution in [0.1, 0.15) is 27.7 Å². The molecule has 1 fully saturated rings. The molecule has 2 nitrogen and oxygen atoms in total. The van der Waals surface area contributed by atoms with Crippen LogP contribution >= 0.6 is 11.8 Å². The van der Waals surface area contributed by atoms with Crippen molar-refractivity contribution in [3.63, 3.8) is 0 Å². The minimum absolute atomic E-state index is 0.546. The number of nitrogens with zero attached hydrogens (tertiary/aromatic N) is 1. The minimum atomic E-state index is 0.546. The molecule has 0 amide bonds. The molecular weight excluding hydrogens is 216 g/mol. The van der Waals surface area contributed by atoms with Crippen molar-refractivity contribution in [1.82, 2.24) is 10.2 Å². The molecule has 1 aliphatic heterocycles. The van der Waals surface area contributed by atoms with E-state index in [0.29, 0.717) is 12.1 Å². The number of hydrogen-bond donors (Lipinski definition) is 1. The van der Waals surface area contributed by atoms with Crippen molar-refractivity contribution in [1.29, 1.82) is 0 Å². The summed E-state index contributed by atoms with van der Waals surface area (Å²) in [4.78, 5) is 2.56. The van der Waals surface area contributed by atoms with E-state index < -0.39 is 0 Å². The van der Waals surface area contributed by atoms with Crippen LogP contribution in [0.2, 0.25) is 0 Å².